The molecule has 0 radical (unpaired) electrons. The van der Waals surface area contributed by atoms with E-state index in [1.165, 1.54) is 0 Å². The molecule has 2 fully saturated rings. The molecule has 0 saturated carbocycles. The van der Waals surface area contributed by atoms with E-state index in [0.29, 0.717) is 0 Å². The number of likely N-dealkylation sites (N-methyl/N-ethyl adjacent to an activating group) is 1. The summed E-state index contributed by atoms with van der Waals surface area (Å²) >= 11 is 0. The molecule has 0 N–H and O–H groups in total. The van der Waals surface area contributed by atoms with Crippen LogP contribution in [-0.2, 0) is 9.59 Å². The Morgan fingerprint density at radius 1 is 0.833 bits per heavy atom. The van der Waals surface area contributed by atoms with Crippen molar-refractivity contribution in [3.63, 3.8) is 0 Å². The Balaban J connectivity index is 1.76. The fourth-order valence-electron chi connectivity index (χ4n) is 2.63. The zero-order valence-electron chi connectivity index (χ0n) is 11.2. The van der Waals surface area contributed by atoms with Gasteiger partial charge in [0.2, 0.25) is 11.8 Å². The second kappa shape index (κ2) is 6.18. The number of nitrogens with zero attached hydrogens (tertiary/aromatic N) is 3. The maximum Gasteiger partial charge on any atom is 0.232 e. The first-order valence-electron chi connectivity index (χ1n) is 6.98. The minimum absolute atomic E-state index is 0.00246. The van der Waals surface area contributed by atoms with Gasteiger partial charge in [-0.1, -0.05) is 6.92 Å². The lowest BCUT2D eigenvalue weighted by molar-refractivity contribution is -0.141. The minimum atomic E-state index is 0.00246. The van der Waals surface area contributed by atoms with Crippen LogP contribution in [0.25, 0.3) is 0 Å². The van der Waals surface area contributed by atoms with Gasteiger partial charge in [0.15, 0.2) is 0 Å². The molecule has 18 heavy (non-hydrogen) atoms. The van der Waals surface area contributed by atoms with Crippen LogP contribution in [-0.4, -0.2) is 72.3 Å². The highest BCUT2D eigenvalue weighted by Gasteiger charge is 2.25. The van der Waals surface area contributed by atoms with Gasteiger partial charge in [0, 0.05) is 39.3 Å². The monoisotopic (exact) mass is 253 g/mol. The Bertz CT molecular complexity index is 305. The topological polar surface area (TPSA) is 43.9 Å². The van der Waals surface area contributed by atoms with Gasteiger partial charge in [0.05, 0.1) is 0 Å². The SMILES string of the molecule is CCN1CCN(C(=O)CC(=O)N2CCCC2)CC1. The number of carbonyl (C=O) groups is 2. The number of carbonyl (C=O) groups excluding carboxylic acids is 2. The number of rotatable bonds is 3. The van der Waals surface area contributed by atoms with Gasteiger partial charge < -0.3 is 14.7 Å². The molecule has 5 heteroatoms. The maximum atomic E-state index is 12.0. The van der Waals surface area contributed by atoms with Crippen LogP contribution in [0, 0.1) is 0 Å². The van der Waals surface area contributed by atoms with Crippen LogP contribution in [0.2, 0.25) is 0 Å². The van der Waals surface area contributed by atoms with Crippen molar-refractivity contribution in [2.45, 2.75) is 26.2 Å². The predicted octanol–water partition coefficient (Wildman–Crippen LogP) is 0.163. The van der Waals surface area contributed by atoms with Crippen molar-refractivity contribution in [2.24, 2.45) is 0 Å². The molecule has 2 saturated heterocycles. The highest BCUT2D eigenvalue weighted by Crippen LogP contribution is 2.10. The summed E-state index contributed by atoms with van der Waals surface area (Å²) in [6.45, 7) is 8.22. The quantitative estimate of drug-likeness (QED) is 0.673. The van der Waals surface area contributed by atoms with E-state index in [1.54, 1.807) is 0 Å². The van der Waals surface area contributed by atoms with Gasteiger partial charge in [-0.25, -0.2) is 0 Å². The number of likely N-dealkylation sites (tertiary alicyclic amines) is 1. The third-order valence-electron chi connectivity index (χ3n) is 3.93. The Kier molecular flexibility index (Phi) is 4.58. The van der Waals surface area contributed by atoms with E-state index in [4.69, 9.17) is 0 Å². The molecule has 0 aromatic carbocycles. The van der Waals surface area contributed by atoms with Gasteiger partial charge in [-0.3, -0.25) is 9.59 Å². The van der Waals surface area contributed by atoms with Crippen molar-refractivity contribution in [3.8, 4) is 0 Å². The molecule has 5 nitrogen and oxygen atoms in total. The average Bonchev–Trinajstić information content (AvgIpc) is 2.92. The van der Waals surface area contributed by atoms with Crippen LogP contribution in [0.1, 0.15) is 26.2 Å². The molecule has 2 rings (SSSR count). The summed E-state index contributed by atoms with van der Waals surface area (Å²) in [5.41, 5.74) is 0. The summed E-state index contributed by atoms with van der Waals surface area (Å²) in [4.78, 5) is 29.9. The first-order valence-corrected chi connectivity index (χ1v) is 6.98. The van der Waals surface area contributed by atoms with Gasteiger partial charge >= 0.3 is 0 Å². The maximum absolute atomic E-state index is 12.0. The van der Waals surface area contributed by atoms with E-state index in [-0.39, 0.29) is 18.2 Å². The first kappa shape index (κ1) is 13.3. The lowest BCUT2D eigenvalue weighted by Crippen LogP contribution is -2.49. The van der Waals surface area contributed by atoms with Crippen LogP contribution in [0.4, 0.5) is 0 Å². The molecular weight excluding hydrogens is 230 g/mol. The zero-order chi connectivity index (χ0) is 13.0. The van der Waals surface area contributed by atoms with E-state index in [2.05, 4.69) is 11.8 Å². The minimum Gasteiger partial charge on any atom is -0.342 e. The lowest BCUT2D eigenvalue weighted by atomic mass is 10.2. The third-order valence-corrected chi connectivity index (χ3v) is 3.93. The van der Waals surface area contributed by atoms with E-state index in [0.717, 1.165) is 58.7 Å². The van der Waals surface area contributed by atoms with Gasteiger partial charge in [-0.05, 0) is 19.4 Å². The van der Waals surface area contributed by atoms with Crippen LogP contribution >= 0.6 is 0 Å². The Hall–Kier alpha value is -1.10. The standard InChI is InChI=1S/C13H23N3O2/c1-2-14-7-9-16(10-8-14)13(18)11-12(17)15-5-3-4-6-15/h2-11H2,1H3. The van der Waals surface area contributed by atoms with E-state index >= 15 is 0 Å². The van der Waals surface area contributed by atoms with Crippen molar-refractivity contribution in [1.82, 2.24) is 14.7 Å². The molecule has 2 aliphatic heterocycles. The molecular formula is C13H23N3O2. The molecule has 0 unspecified atom stereocenters. The Morgan fingerprint density at radius 2 is 1.33 bits per heavy atom. The number of amides is 2. The van der Waals surface area contributed by atoms with E-state index < -0.39 is 0 Å². The van der Waals surface area contributed by atoms with E-state index in [1.807, 2.05) is 9.80 Å². The van der Waals surface area contributed by atoms with Crippen LogP contribution in [0.5, 0.6) is 0 Å². The molecule has 2 amide bonds. The van der Waals surface area contributed by atoms with Crippen LogP contribution < -0.4 is 0 Å². The molecule has 0 aromatic heterocycles. The summed E-state index contributed by atoms with van der Waals surface area (Å²) in [5, 5.41) is 0. The van der Waals surface area contributed by atoms with Crippen molar-refractivity contribution < 1.29 is 9.59 Å². The van der Waals surface area contributed by atoms with Crippen molar-refractivity contribution in [3.05, 3.63) is 0 Å². The molecule has 0 bridgehead atoms. The molecule has 0 aliphatic carbocycles. The van der Waals surface area contributed by atoms with Gasteiger partial charge in [-0.2, -0.15) is 0 Å². The third kappa shape index (κ3) is 3.22. The Morgan fingerprint density at radius 3 is 1.83 bits per heavy atom. The molecule has 0 atom stereocenters. The van der Waals surface area contributed by atoms with Crippen LogP contribution in [0.3, 0.4) is 0 Å². The summed E-state index contributed by atoms with van der Waals surface area (Å²) in [7, 11) is 0. The summed E-state index contributed by atoms with van der Waals surface area (Å²) in [5.74, 6) is 0.0121. The van der Waals surface area contributed by atoms with Gasteiger partial charge in [0.1, 0.15) is 6.42 Å². The average molecular weight is 253 g/mol. The number of piperazine rings is 1. The summed E-state index contributed by atoms with van der Waals surface area (Å²) in [6, 6.07) is 0. The zero-order valence-corrected chi connectivity index (χ0v) is 11.2. The first-order chi connectivity index (χ1) is 8.70. The highest BCUT2D eigenvalue weighted by molar-refractivity contribution is 5.97. The molecule has 0 spiro atoms. The molecule has 102 valence electrons. The second-order valence-corrected chi connectivity index (χ2v) is 5.08. The summed E-state index contributed by atoms with van der Waals surface area (Å²) < 4.78 is 0. The van der Waals surface area contributed by atoms with Gasteiger partial charge in [0.25, 0.3) is 0 Å². The van der Waals surface area contributed by atoms with Crippen molar-refractivity contribution in [1.29, 1.82) is 0 Å². The van der Waals surface area contributed by atoms with Gasteiger partial charge in [-0.15, -0.1) is 0 Å². The second-order valence-electron chi connectivity index (χ2n) is 5.08. The number of hydrogen-bond donors (Lipinski definition) is 0. The van der Waals surface area contributed by atoms with Crippen molar-refractivity contribution >= 4 is 11.8 Å². The smallest absolute Gasteiger partial charge is 0.232 e. The number of hydrogen-bond acceptors (Lipinski definition) is 3. The normalized spacial score (nSPS) is 21.4. The lowest BCUT2D eigenvalue weighted by Gasteiger charge is -2.34. The highest BCUT2D eigenvalue weighted by atomic mass is 16.2. The molecule has 2 heterocycles. The molecule has 2 aliphatic rings. The largest absolute Gasteiger partial charge is 0.342 e. The fourth-order valence-corrected chi connectivity index (χ4v) is 2.63. The van der Waals surface area contributed by atoms with Crippen molar-refractivity contribution in [2.75, 3.05) is 45.8 Å². The molecule has 0 aromatic rings. The van der Waals surface area contributed by atoms with E-state index in [9.17, 15) is 9.59 Å². The fraction of sp³-hybridized carbons (Fsp3) is 0.846. The predicted molar refractivity (Wildman–Crippen MR) is 69.1 cm³/mol. The van der Waals surface area contributed by atoms with Crippen LogP contribution in [0.15, 0.2) is 0 Å². The summed E-state index contributed by atoms with van der Waals surface area (Å²) in [6.07, 6.45) is 2.22. The Labute approximate surface area is 109 Å².